The zero-order chi connectivity index (χ0) is 38.8. The molecule has 0 N–H and O–H groups in total. The van der Waals surface area contributed by atoms with E-state index in [2.05, 4.69) is 191 Å². The number of ether oxygens (including phenoxy) is 2. The van der Waals surface area contributed by atoms with Crippen LogP contribution in [0.5, 0.6) is 23.0 Å². The van der Waals surface area contributed by atoms with Crippen molar-refractivity contribution >= 4 is 89.8 Å². The van der Waals surface area contributed by atoms with E-state index in [0.29, 0.717) is 0 Å². The molecule has 0 aliphatic carbocycles. The van der Waals surface area contributed by atoms with Crippen molar-refractivity contribution in [2.75, 3.05) is 0 Å². The van der Waals surface area contributed by atoms with Gasteiger partial charge < -0.3 is 18.6 Å². The zero-order valence-corrected chi connectivity index (χ0v) is 32.2. The Morgan fingerprint density at radius 1 is 0.317 bits per heavy atom. The van der Waals surface area contributed by atoms with Crippen molar-refractivity contribution in [3.63, 3.8) is 0 Å². The topological polar surface area (TPSA) is 28.3 Å². The first kappa shape index (κ1) is 31.3. The Morgan fingerprint density at radius 2 is 0.750 bits per heavy atom. The molecule has 4 aliphatic heterocycles. The van der Waals surface area contributed by atoms with Crippen LogP contribution < -0.4 is 42.3 Å². The minimum absolute atomic E-state index is 0.0411. The Hall–Kier alpha value is -7.69. The van der Waals surface area contributed by atoms with E-state index in [1.807, 2.05) is 0 Å². The van der Waals surface area contributed by atoms with Gasteiger partial charge in [0.15, 0.2) is 0 Å². The molecule has 0 saturated heterocycles. The van der Waals surface area contributed by atoms with E-state index in [-0.39, 0.29) is 13.4 Å². The van der Waals surface area contributed by atoms with Gasteiger partial charge in [0.2, 0.25) is 0 Å². The number of benzene rings is 9. The predicted molar refractivity (Wildman–Crippen MR) is 248 cm³/mol. The van der Waals surface area contributed by atoms with Gasteiger partial charge >= 0.3 is 0 Å². The molecule has 0 radical (unpaired) electrons. The number of para-hydroxylation sites is 2. The number of nitrogens with zero attached hydrogens (tertiary/aromatic N) is 2. The first-order valence-corrected chi connectivity index (χ1v) is 20.8. The smallest absolute Gasteiger partial charge is 0.256 e. The summed E-state index contributed by atoms with van der Waals surface area (Å²) in [6.07, 6.45) is 0. The maximum atomic E-state index is 6.83. The molecule has 0 bridgehead atoms. The Kier molecular flexibility index (Phi) is 5.78. The van der Waals surface area contributed by atoms with Crippen molar-refractivity contribution in [3.05, 3.63) is 182 Å². The normalized spacial score (nSPS) is 13.5. The molecule has 4 nitrogen and oxygen atoms in total. The molecule has 0 atom stereocenters. The molecule has 2 aromatic heterocycles. The van der Waals surface area contributed by atoms with Crippen molar-refractivity contribution in [2.24, 2.45) is 0 Å². The molecule has 11 aromatic rings. The summed E-state index contributed by atoms with van der Waals surface area (Å²) in [7, 11) is 0. The number of fused-ring (bicyclic) bond motifs is 16. The third-order valence-corrected chi connectivity index (χ3v) is 13.8. The minimum Gasteiger partial charge on any atom is -0.458 e. The van der Waals surface area contributed by atoms with Crippen LogP contribution in [0, 0.1) is 0 Å². The van der Waals surface area contributed by atoms with Crippen molar-refractivity contribution in [1.82, 2.24) is 9.13 Å². The predicted octanol–water partition coefficient (Wildman–Crippen LogP) is 9.09. The van der Waals surface area contributed by atoms with Gasteiger partial charge in [0, 0.05) is 32.9 Å². The lowest BCUT2D eigenvalue weighted by Crippen LogP contribution is -2.58. The lowest BCUT2D eigenvalue weighted by molar-refractivity contribution is 0.487. The van der Waals surface area contributed by atoms with Gasteiger partial charge in [0.25, 0.3) is 13.4 Å². The summed E-state index contributed by atoms with van der Waals surface area (Å²) < 4.78 is 18.7. The third-order valence-electron chi connectivity index (χ3n) is 13.8. The number of hydrogen-bond acceptors (Lipinski definition) is 2. The Balaban J connectivity index is 1.01. The fourth-order valence-corrected chi connectivity index (χ4v) is 11.4. The van der Waals surface area contributed by atoms with Crippen molar-refractivity contribution < 1.29 is 9.47 Å². The van der Waals surface area contributed by atoms with Crippen molar-refractivity contribution in [2.45, 2.75) is 0 Å². The minimum atomic E-state index is 0.0411. The average Bonchev–Trinajstić information content (AvgIpc) is 3.82. The summed E-state index contributed by atoms with van der Waals surface area (Å²) in [5.74, 6) is 3.72. The Morgan fingerprint density at radius 3 is 1.23 bits per heavy atom. The highest BCUT2D eigenvalue weighted by Crippen LogP contribution is 2.44. The van der Waals surface area contributed by atoms with Gasteiger partial charge in [-0.15, -0.1) is 0 Å². The van der Waals surface area contributed by atoms with Crippen molar-refractivity contribution in [1.29, 1.82) is 0 Å². The van der Waals surface area contributed by atoms with Gasteiger partial charge in [-0.2, -0.15) is 0 Å². The number of aromatic nitrogens is 2. The SMILES string of the molecule is c1ccc(-c2ccc3c(c2)B2c4ccccc4-n4c5cc6c(cc5c5ccc(c2c54)O3)c2ccc3c4c2n6-c2ccccc2B4c2cc(-c4ccccc4)ccc2O3)cc1. The van der Waals surface area contributed by atoms with E-state index < -0.39 is 0 Å². The molecular weight excluding hydrogens is 730 g/mol. The molecule has 0 saturated carbocycles. The summed E-state index contributed by atoms with van der Waals surface area (Å²) in [5, 5.41) is 4.98. The molecule has 0 amide bonds. The molecule has 0 unspecified atom stereocenters. The molecule has 274 valence electrons. The van der Waals surface area contributed by atoms with Gasteiger partial charge in [0.05, 0.1) is 22.1 Å². The quantitative estimate of drug-likeness (QED) is 0.165. The van der Waals surface area contributed by atoms with Gasteiger partial charge in [-0.3, -0.25) is 0 Å². The summed E-state index contributed by atoms with van der Waals surface area (Å²) in [5.41, 5.74) is 19.6. The zero-order valence-electron chi connectivity index (χ0n) is 32.2. The highest BCUT2D eigenvalue weighted by atomic mass is 16.5. The van der Waals surface area contributed by atoms with Crippen LogP contribution in [0.3, 0.4) is 0 Å². The molecule has 60 heavy (non-hydrogen) atoms. The maximum Gasteiger partial charge on any atom is 0.256 e. The van der Waals surface area contributed by atoms with Gasteiger partial charge in [0.1, 0.15) is 23.0 Å². The van der Waals surface area contributed by atoms with Crippen LogP contribution >= 0.6 is 0 Å². The van der Waals surface area contributed by atoms with E-state index in [1.165, 1.54) is 110 Å². The second-order valence-corrected chi connectivity index (χ2v) is 16.7. The number of hydrogen-bond donors (Lipinski definition) is 0. The fraction of sp³-hybridized carbons (Fsp3) is 0. The van der Waals surface area contributed by atoms with Gasteiger partial charge in [-0.25, -0.2) is 0 Å². The number of rotatable bonds is 2. The Labute approximate surface area is 345 Å². The monoisotopic (exact) mass is 760 g/mol. The summed E-state index contributed by atoms with van der Waals surface area (Å²) in [4.78, 5) is 0. The first-order valence-electron chi connectivity index (χ1n) is 20.8. The standard InChI is InChI=1S/C54H30B2N2O2/c1-3-11-31(12-4-1)33-19-23-47-41(27-33)55-39-15-7-9-17-43(39)57-45-30-46-38(29-37(45)35-21-25-49(59-47)51(55)53(35)57)36-22-26-50-52-54(36)58(46)44-18-10-8-16-40(44)56(52)42-28-34(20-24-48(42)60-50)32-13-5-2-6-14-32/h1-30H. The maximum absolute atomic E-state index is 6.83. The second-order valence-electron chi connectivity index (χ2n) is 16.7. The van der Waals surface area contributed by atoms with E-state index in [9.17, 15) is 0 Å². The van der Waals surface area contributed by atoms with E-state index in [1.54, 1.807) is 0 Å². The fourth-order valence-electron chi connectivity index (χ4n) is 11.4. The molecule has 6 heterocycles. The van der Waals surface area contributed by atoms with E-state index in [0.717, 1.165) is 23.0 Å². The molecule has 9 aromatic carbocycles. The molecule has 4 aliphatic rings. The molecule has 0 fully saturated rings. The lowest BCUT2D eigenvalue weighted by atomic mass is 9.34. The van der Waals surface area contributed by atoms with Crippen LogP contribution in [-0.2, 0) is 0 Å². The van der Waals surface area contributed by atoms with Gasteiger partial charge in [-0.1, -0.05) is 121 Å². The van der Waals surface area contributed by atoms with Crippen LogP contribution in [0.1, 0.15) is 0 Å². The molecule has 6 heteroatoms. The molecular formula is C54H30B2N2O2. The molecule has 0 spiro atoms. The van der Waals surface area contributed by atoms with Crippen LogP contribution in [0.2, 0.25) is 0 Å². The van der Waals surface area contributed by atoms with Crippen LogP contribution in [0.15, 0.2) is 182 Å². The Bertz CT molecular complexity index is 3490. The summed E-state index contributed by atoms with van der Waals surface area (Å²) >= 11 is 0. The highest BCUT2D eigenvalue weighted by molar-refractivity contribution is 7.00. The van der Waals surface area contributed by atoms with Crippen LogP contribution in [0.4, 0.5) is 0 Å². The second kappa shape index (κ2) is 11.1. The largest absolute Gasteiger partial charge is 0.458 e. The van der Waals surface area contributed by atoms with Gasteiger partial charge in [-0.05, 0) is 116 Å². The van der Waals surface area contributed by atoms with Crippen molar-refractivity contribution in [3.8, 4) is 56.6 Å². The average molecular weight is 760 g/mol. The molecule has 15 rings (SSSR count). The first-order chi connectivity index (χ1) is 29.8. The summed E-state index contributed by atoms with van der Waals surface area (Å²) in [6, 6.07) is 66.6. The van der Waals surface area contributed by atoms with E-state index in [4.69, 9.17) is 9.47 Å². The van der Waals surface area contributed by atoms with Crippen LogP contribution in [-0.4, -0.2) is 22.6 Å². The lowest BCUT2D eigenvalue weighted by Gasteiger charge is -2.33. The highest BCUT2D eigenvalue weighted by Gasteiger charge is 2.43. The van der Waals surface area contributed by atoms with E-state index >= 15 is 0 Å². The summed E-state index contributed by atoms with van der Waals surface area (Å²) in [6.45, 7) is 0.0822. The van der Waals surface area contributed by atoms with Crippen LogP contribution in [0.25, 0.3) is 77.2 Å². The third kappa shape index (κ3) is 3.85.